The van der Waals surface area contributed by atoms with Crippen molar-refractivity contribution < 1.29 is 0 Å². The molecule has 0 saturated carbocycles. The maximum absolute atomic E-state index is 5.55. The number of nitrogens with two attached hydrogens (primary N) is 2. The first kappa shape index (κ1) is 6.95. The van der Waals surface area contributed by atoms with E-state index in [0.29, 0.717) is 0 Å². The fourth-order valence-electron chi connectivity index (χ4n) is 0.957. The van der Waals surface area contributed by atoms with Crippen LogP contribution in [0.2, 0.25) is 0 Å². The average Bonchev–Trinajstić information content (AvgIpc) is 1.97. The van der Waals surface area contributed by atoms with Crippen molar-refractivity contribution in [2.75, 3.05) is 26.2 Å². The summed E-state index contributed by atoms with van der Waals surface area (Å²) < 4.78 is 0. The maximum atomic E-state index is 5.55. The fourth-order valence-corrected chi connectivity index (χ4v) is 0.957. The lowest BCUT2D eigenvalue weighted by atomic mass is 10.4. The molecule has 0 bridgehead atoms. The Balaban J connectivity index is 2.25. The number of nitrogens with zero attached hydrogens (tertiary/aromatic N) is 2. The minimum atomic E-state index is 0.885. The van der Waals surface area contributed by atoms with Crippen molar-refractivity contribution >= 4 is 0 Å². The van der Waals surface area contributed by atoms with Crippen LogP contribution in [0.1, 0.15) is 6.42 Å². The third-order valence-corrected chi connectivity index (χ3v) is 1.57. The van der Waals surface area contributed by atoms with E-state index in [4.69, 9.17) is 11.7 Å². The molecule has 1 heterocycles. The van der Waals surface area contributed by atoms with Crippen LogP contribution < -0.4 is 11.7 Å². The highest BCUT2D eigenvalue weighted by molar-refractivity contribution is 4.60. The molecular weight excluding hydrogens is 116 g/mol. The van der Waals surface area contributed by atoms with E-state index in [9.17, 15) is 0 Å². The largest absolute Gasteiger partial charge is 0.269 e. The van der Waals surface area contributed by atoms with Gasteiger partial charge in [-0.2, -0.15) is 0 Å². The van der Waals surface area contributed by atoms with Crippen molar-refractivity contribution in [1.29, 1.82) is 0 Å². The van der Waals surface area contributed by atoms with E-state index in [1.165, 1.54) is 0 Å². The standard InChI is InChI=1S/C5H14N4/c6-8-2-1-3-9(7)5-4-8/h1-7H2. The third-order valence-electron chi connectivity index (χ3n) is 1.57. The van der Waals surface area contributed by atoms with E-state index in [-0.39, 0.29) is 0 Å². The topological polar surface area (TPSA) is 58.5 Å². The third kappa shape index (κ3) is 2.28. The van der Waals surface area contributed by atoms with Crippen LogP contribution in [0, 0.1) is 0 Å². The van der Waals surface area contributed by atoms with Gasteiger partial charge >= 0.3 is 0 Å². The van der Waals surface area contributed by atoms with Gasteiger partial charge in [0.05, 0.1) is 0 Å². The molecule has 0 spiro atoms. The Labute approximate surface area is 55.3 Å². The van der Waals surface area contributed by atoms with Gasteiger partial charge in [-0.3, -0.25) is 11.7 Å². The summed E-state index contributed by atoms with van der Waals surface area (Å²) in [5.41, 5.74) is 0. The lowest BCUT2D eigenvalue weighted by Gasteiger charge is -2.12. The maximum Gasteiger partial charge on any atom is 0.0270 e. The zero-order chi connectivity index (χ0) is 6.69. The highest BCUT2D eigenvalue weighted by Gasteiger charge is 2.07. The predicted octanol–water partition coefficient (Wildman–Crippen LogP) is -1.26. The van der Waals surface area contributed by atoms with Crippen molar-refractivity contribution in [2.24, 2.45) is 11.7 Å². The molecule has 0 radical (unpaired) electrons. The first-order valence-corrected chi connectivity index (χ1v) is 3.28. The molecule has 0 aromatic rings. The Kier molecular flexibility index (Phi) is 2.41. The van der Waals surface area contributed by atoms with Crippen molar-refractivity contribution in [3.63, 3.8) is 0 Å². The molecule has 1 aliphatic heterocycles. The number of hydrogen-bond acceptors (Lipinski definition) is 4. The van der Waals surface area contributed by atoms with Gasteiger partial charge in [-0.25, -0.2) is 10.0 Å². The molecule has 0 unspecified atom stereocenters. The van der Waals surface area contributed by atoms with E-state index in [1.807, 2.05) is 10.0 Å². The van der Waals surface area contributed by atoms with Gasteiger partial charge in [0.2, 0.25) is 0 Å². The fraction of sp³-hybridized carbons (Fsp3) is 1.00. The second-order valence-electron chi connectivity index (χ2n) is 2.43. The van der Waals surface area contributed by atoms with E-state index in [2.05, 4.69) is 0 Å². The lowest BCUT2D eigenvalue weighted by molar-refractivity contribution is 0.266. The summed E-state index contributed by atoms with van der Waals surface area (Å²) in [5, 5.41) is 3.62. The summed E-state index contributed by atoms with van der Waals surface area (Å²) in [7, 11) is 0. The molecule has 0 aromatic heterocycles. The van der Waals surface area contributed by atoms with Crippen LogP contribution in [0.15, 0.2) is 0 Å². The molecule has 0 amide bonds. The molecule has 54 valence electrons. The minimum absolute atomic E-state index is 0.885. The number of rotatable bonds is 0. The summed E-state index contributed by atoms with van der Waals surface area (Å²) >= 11 is 0. The second kappa shape index (κ2) is 3.12. The molecule has 1 aliphatic rings. The smallest absolute Gasteiger partial charge is 0.0270 e. The van der Waals surface area contributed by atoms with Crippen LogP contribution >= 0.6 is 0 Å². The first-order chi connectivity index (χ1) is 4.29. The Morgan fingerprint density at radius 1 is 0.778 bits per heavy atom. The molecule has 1 saturated heterocycles. The quantitative estimate of drug-likeness (QED) is 0.402. The van der Waals surface area contributed by atoms with Crippen LogP contribution in [0.4, 0.5) is 0 Å². The monoisotopic (exact) mass is 130 g/mol. The lowest BCUT2D eigenvalue weighted by Crippen LogP contribution is -2.37. The minimum Gasteiger partial charge on any atom is -0.269 e. The van der Waals surface area contributed by atoms with E-state index in [0.717, 1.165) is 32.6 Å². The highest BCUT2D eigenvalue weighted by Crippen LogP contribution is 1.92. The normalized spacial score (nSPS) is 26.0. The summed E-state index contributed by atoms with van der Waals surface area (Å²) in [6, 6.07) is 0. The highest BCUT2D eigenvalue weighted by atomic mass is 15.5. The van der Waals surface area contributed by atoms with Gasteiger partial charge in [-0.1, -0.05) is 0 Å². The second-order valence-corrected chi connectivity index (χ2v) is 2.43. The van der Waals surface area contributed by atoms with Crippen LogP contribution in [0.25, 0.3) is 0 Å². The average molecular weight is 130 g/mol. The summed E-state index contributed by atoms with van der Waals surface area (Å²) in [6.45, 7) is 3.70. The van der Waals surface area contributed by atoms with Gasteiger partial charge in [0.1, 0.15) is 0 Å². The van der Waals surface area contributed by atoms with Crippen LogP contribution in [-0.2, 0) is 0 Å². The first-order valence-electron chi connectivity index (χ1n) is 3.28. The zero-order valence-corrected chi connectivity index (χ0v) is 5.58. The Hall–Kier alpha value is -0.160. The molecular formula is C5H14N4. The van der Waals surface area contributed by atoms with Gasteiger partial charge < -0.3 is 0 Å². The van der Waals surface area contributed by atoms with Gasteiger partial charge in [-0.15, -0.1) is 0 Å². The Morgan fingerprint density at radius 2 is 1.22 bits per heavy atom. The van der Waals surface area contributed by atoms with Crippen molar-refractivity contribution in [2.45, 2.75) is 6.42 Å². The SMILES string of the molecule is NN1CCCN(N)CC1. The number of hydrogen-bond donors (Lipinski definition) is 2. The van der Waals surface area contributed by atoms with E-state index < -0.39 is 0 Å². The summed E-state index contributed by atoms with van der Waals surface area (Å²) in [6.07, 6.45) is 1.08. The van der Waals surface area contributed by atoms with Crippen molar-refractivity contribution in [3.8, 4) is 0 Å². The van der Waals surface area contributed by atoms with Gasteiger partial charge in [0.25, 0.3) is 0 Å². The summed E-state index contributed by atoms with van der Waals surface area (Å²) in [5.74, 6) is 11.1. The molecule has 0 atom stereocenters. The Bertz CT molecular complexity index is 75.0. The number of hydrazine groups is 2. The molecule has 4 heteroatoms. The molecule has 4 N–H and O–H groups in total. The molecule has 0 aromatic carbocycles. The summed E-state index contributed by atoms with van der Waals surface area (Å²) in [4.78, 5) is 0. The Morgan fingerprint density at radius 3 is 1.67 bits per heavy atom. The molecule has 0 aliphatic carbocycles. The van der Waals surface area contributed by atoms with Crippen LogP contribution in [-0.4, -0.2) is 36.2 Å². The van der Waals surface area contributed by atoms with Crippen LogP contribution in [0.5, 0.6) is 0 Å². The van der Waals surface area contributed by atoms with Gasteiger partial charge in [0, 0.05) is 26.2 Å². The van der Waals surface area contributed by atoms with E-state index in [1.54, 1.807) is 0 Å². The molecule has 9 heavy (non-hydrogen) atoms. The van der Waals surface area contributed by atoms with Crippen molar-refractivity contribution in [1.82, 2.24) is 10.0 Å². The van der Waals surface area contributed by atoms with E-state index >= 15 is 0 Å². The molecule has 1 fully saturated rings. The van der Waals surface area contributed by atoms with Gasteiger partial charge in [-0.05, 0) is 6.42 Å². The van der Waals surface area contributed by atoms with Gasteiger partial charge in [0.15, 0.2) is 0 Å². The van der Waals surface area contributed by atoms with Crippen molar-refractivity contribution in [3.05, 3.63) is 0 Å². The zero-order valence-electron chi connectivity index (χ0n) is 5.58. The predicted molar refractivity (Wildman–Crippen MR) is 36.1 cm³/mol. The molecule has 1 rings (SSSR count). The van der Waals surface area contributed by atoms with Crippen LogP contribution in [0.3, 0.4) is 0 Å². The molecule has 4 nitrogen and oxygen atoms in total.